The average molecular weight is 789 g/mol. The second-order valence-electron chi connectivity index (χ2n) is 13.3. The normalized spacial score (nSPS) is 13.7. The van der Waals surface area contributed by atoms with E-state index in [1.165, 1.54) is 31.4 Å². The number of anilines is 2. The van der Waals surface area contributed by atoms with Gasteiger partial charge in [0.2, 0.25) is 0 Å². The first-order valence-corrected chi connectivity index (χ1v) is 21.1. The molecule has 2 aliphatic rings. The van der Waals surface area contributed by atoms with Gasteiger partial charge in [-0.3, -0.25) is 29.0 Å². The van der Waals surface area contributed by atoms with Crippen LogP contribution in [0.15, 0.2) is 105 Å². The fraction of sp³-hybridized carbons (Fsp3) is 0.262. The summed E-state index contributed by atoms with van der Waals surface area (Å²) in [6, 6.07) is 18.6. The number of hydrogen-bond acceptors (Lipinski definition) is 11. The van der Waals surface area contributed by atoms with Crippen LogP contribution >= 0.6 is 21.6 Å². The molecule has 3 heterocycles. The summed E-state index contributed by atoms with van der Waals surface area (Å²) in [7, 11) is 4.86. The highest BCUT2D eigenvalue weighted by Crippen LogP contribution is 2.36. The van der Waals surface area contributed by atoms with Crippen LogP contribution in [0.2, 0.25) is 0 Å². The maximum Gasteiger partial charge on any atom is 0.261 e. The van der Waals surface area contributed by atoms with Gasteiger partial charge in [-0.05, 0) is 55.4 Å². The molecule has 5 aromatic rings. The van der Waals surface area contributed by atoms with Crippen LogP contribution in [0.4, 0.5) is 11.4 Å². The molecule has 4 amide bonds. The fourth-order valence-electron chi connectivity index (χ4n) is 7.17. The van der Waals surface area contributed by atoms with E-state index in [0.29, 0.717) is 51.1 Å². The minimum absolute atomic E-state index is 0.240. The van der Waals surface area contributed by atoms with Crippen molar-refractivity contribution in [3.05, 3.63) is 127 Å². The first-order chi connectivity index (χ1) is 27.4. The van der Waals surface area contributed by atoms with Crippen molar-refractivity contribution in [1.82, 2.24) is 29.6 Å². The number of aromatic nitrogens is 2. The number of amides is 4. The molecule has 2 aliphatic heterocycles. The second-order valence-corrected chi connectivity index (χ2v) is 16.0. The second kappa shape index (κ2) is 17.8. The van der Waals surface area contributed by atoms with Gasteiger partial charge in [0.05, 0.1) is 6.33 Å². The van der Waals surface area contributed by atoms with Crippen LogP contribution in [0, 0.1) is 0 Å². The zero-order valence-corrected chi connectivity index (χ0v) is 32.8. The molecular weight excluding hydrogens is 745 g/mol. The van der Waals surface area contributed by atoms with Gasteiger partial charge in [0, 0.05) is 138 Å². The summed E-state index contributed by atoms with van der Waals surface area (Å²) in [6.07, 6.45) is 12.8. The maximum atomic E-state index is 13.6. The molecule has 0 radical (unpaired) electrons. The number of nitrogens with one attached hydrogen (secondary N) is 3. The van der Waals surface area contributed by atoms with Crippen LogP contribution in [0.25, 0.3) is 21.5 Å². The Hall–Kier alpha value is -5.73. The molecule has 0 unspecified atom stereocenters. The zero-order valence-electron chi connectivity index (χ0n) is 31.2. The van der Waals surface area contributed by atoms with Gasteiger partial charge in [0.1, 0.15) is 0 Å². The van der Waals surface area contributed by atoms with Crippen LogP contribution in [-0.4, -0.2) is 99.2 Å². The van der Waals surface area contributed by atoms with Gasteiger partial charge in [-0.1, -0.05) is 52.4 Å². The third kappa shape index (κ3) is 7.98. The number of aryl methyl sites for hydroxylation is 1. The summed E-state index contributed by atoms with van der Waals surface area (Å²) in [5, 5.41) is 13.0. The Morgan fingerprint density at radius 1 is 0.714 bits per heavy atom. The van der Waals surface area contributed by atoms with E-state index < -0.39 is 0 Å². The van der Waals surface area contributed by atoms with Crippen molar-refractivity contribution < 1.29 is 19.2 Å². The molecule has 0 spiro atoms. The monoisotopic (exact) mass is 788 g/mol. The van der Waals surface area contributed by atoms with Gasteiger partial charge in [0.15, 0.2) is 0 Å². The van der Waals surface area contributed by atoms with Crippen molar-refractivity contribution in [2.45, 2.75) is 19.4 Å². The summed E-state index contributed by atoms with van der Waals surface area (Å²) in [5.74, 6) is -0.215. The Morgan fingerprint density at radius 2 is 1.25 bits per heavy atom. The molecule has 56 heavy (non-hydrogen) atoms. The van der Waals surface area contributed by atoms with E-state index in [0.717, 1.165) is 54.6 Å². The van der Waals surface area contributed by atoms with Crippen molar-refractivity contribution in [2.75, 3.05) is 61.9 Å². The third-order valence-electron chi connectivity index (χ3n) is 9.91. The zero-order chi connectivity index (χ0) is 39.0. The minimum Gasteiger partial charge on any atom is -0.393 e. The van der Waals surface area contributed by atoms with Gasteiger partial charge >= 0.3 is 0 Å². The Morgan fingerprint density at radius 3 is 1.75 bits per heavy atom. The Kier molecular flexibility index (Phi) is 12.3. The summed E-state index contributed by atoms with van der Waals surface area (Å²) in [4.78, 5) is 63.2. The van der Waals surface area contributed by atoms with E-state index in [9.17, 15) is 19.2 Å². The molecular formula is C42H44N8O4S2. The number of benzene rings is 4. The summed E-state index contributed by atoms with van der Waals surface area (Å²) in [5.41, 5.74) is 3.83. The van der Waals surface area contributed by atoms with Gasteiger partial charge in [-0.2, -0.15) is 0 Å². The van der Waals surface area contributed by atoms with Crippen LogP contribution in [0.1, 0.15) is 54.3 Å². The maximum absolute atomic E-state index is 13.6. The van der Waals surface area contributed by atoms with E-state index in [2.05, 4.69) is 27.5 Å². The van der Waals surface area contributed by atoms with Gasteiger partial charge in [-0.25, -0.2) is 4.98 Å². The van der Waals surface area contributed by atoms with Crippen molar-refractivity contribution in [1.29, 1.82) is 0 Å². The lowest BCUT2D eigenvalue weighted by atomic mass is 9.93. The van der Waals surface area contributed by atoms with Crippen molar-refractivity contribution in [3.8, 4) is 0 Å². The van der Waals surface area contributed by atoms with E-state index in [1.807, 2.05) is 71.5 Å². The van der Waals surface area contributed by atoms with Crippen molar-refractivity contribution >= 4 is 78.1 Å². The standard InChI is InChI=1S/C42H44N8O4S2/c1-3-47(22-18-43-2)20-6-16-45-35-14-12-33-37-29(35)8-4-10-31(37)39(51)49(41(33)53)24-26-55-56-27-25-50-40(52)32-11-5-9-30-36(15-13-34(38(30)32)42(50)54)46-17-7-21-48-23-19-44-28-48/h3-5,8-15,18-19,22-23,28,43,45-46H,1,6-7,16-17,20-21,24-27H2,2H3/b22-18-. The van der Waals surface area contributed by atoms with Gasteiger partial charge in [-0.15, -0.1) is 0 Å². The molecule has 3 N–H and O–H groups in total. The fourth-order valence-corrected chi connectivity index (χ4v) is 9.07. The molecule has 1 aromatic heterocycles. The highest BCUT2D eigenvalue weighted by Gasteiger charge is 2.34. The molecule has 4 aromatic carbocycles. The largest absolute Gasteiger partial charge is 0.393 e. The number of nitrogens with zero attached hydrogens (tertiary/aromatic N) is 5. The number of carbonyl (C=O) groups is 4. The lowest BCUT2D eigenvalue weighted by Gasteiger charge is -2.28. The Labute approximate surface area is 333 Å². The van der Waals surface area contributed by atoms with E-state index in [1.54, 1.807) is 43.0 Å². The van der Waals surface area contributed by atoms with Crippen LogP contribution in [0.3, 0.4) is 0 Å². The molecule has 7 rings (SSSR count). The molecule has 0 saturated heterocycles. The summed E-state index contributed by atoms with van der Waals surface area (Å²) >= 11 is 0. The highest BCUT2D eigenvalue weighted by atomic mass is 33.1. The Bertz CT molecular complexity index is 2270. The summed E-state index contributed by atoms with van der Waals surface area (Å²) < 4.78 is 2.03. The van der Waals surface area contributed by atoms with Crippen LogP contribution in [0.5, 0.6) is 0 Å². The molecule has 0 bridgehead atoms. The first-order valence-electron chi connectivity index (χ1n) is 18.6. The predicted molar refractivity (Wildman–Crippen MR) is 227 cm³/mol. The van der Waals surface area contributed by atoms with E-state index in [4.69, 9.17) is 0 Å². The smallest absolute Gasteiger partial charge is 0.261 e. The average Bonchev–Trinajstić information content (AvgIpc) is 3.75. The summed E-state index contributed by atoms with van der Waals surface area (Å²) in [6.45, 7) is 7.40. The number of rotatable bonds is 20. The SMILES string of the molecule is C=CN(/C=C\NC)CCCNc1ccc2c3c(cccc13)C(=O)N(CCSSCCN1C(=O)c3cccc4c(NCCCn5ccnc5)ccc(c34)C1=O)C2=O. The lowest BCUT2D eigenvalue weighted by Crippen LogP contribution is -2.42. The van der Waals surface area contributed by atoms with Crippen molar-refractivity contribution in [3.63, 3.8) is 0 Å². The van der Waals surface area contributed by atoms with E-state index in [-0.39, 0.29) is 36.7 Å². The molecule has 12 nitrogen and oxygen atoms in total. The number of carbonyl (C=O) groups excluding carboxylic acids is 4. The Balaban J connectivity index is 0.906. The predicted octanol–water partition coefficient (Wildman–Crippen LogP) is 6.90. The number of imidazole rings is 1. The highest BCUT2D eigenvalue weighted by molar-refractivity contribution is 8.76. The number of imide groups is 2. The van der Waals surface area contributed by atoms with Gasteiger partial charge < -0.3 is 25.4 Å². The van der Waals surface area contributed by atoms with Crippen LogP contribution < -0.4 is 16.0 Å². The molecule has 0 fully saturated rings. The number of hydrogen-bond donors (Lipinski definition) is 3. The quantitative estimate of drug-likeness (QED) is 0.0433. The van der Waals surface area contributed by atoms with Gasteiger partial charge in [0.25, 0.3) is 23.6 Å². The van der Waals surface area contributed by atoms with E-state index >= 15 is 0 Å². The lowest BCUT2D eigenvalue weighted by molar-refractivity contribution is 0.0605. The third-order valence-corrected chi connectivity index (χ3v) is 12.3. The topological polar surface area (TPSA) is 132 Å². The van der Waals surface area contributed by atoms with Crippen molar-refractivity contribution in [2.24, 2.45) is 0 Å². The first kappa shape index (κ1) is 38.5. The molecule has 14 heteroatoms. The molecule has 0 aliphatic carbocycles. The molecule has 0 saturated carbocycles. The molecule has 288 valence electrons. The van der Waals surface area contributed by atoms with Crippen LogP contribution in [-0.2, 0) is 6.54 Å². The molecule has 0 atom stereocenters. The minimum atomic E-state index is -0.306.